The predicted octanol–water partition coefficient (Wildman–Crippen LogP) is 5.18. The van der Waals surface area contributed by atoms with Gasteiger partial charge in [-0.25, -0.2) is 0 Å². The van der Waals surface area contributed by atoms with Crippen LogP contribution < -0.4 is 10.1 Å². The van der Waals surface area contributed by atoms with E-state index in [1.165, 1.54) is 16.7 Å². The first kappa shape index (κ1) is 20.5. The number of aryl methyl sites for hydroxylation is 2. The molecule has 0 atom stereocenters. The van der Waals surface area contributed by atoms with Gasteiger partial charge in [-0.1, -0.05) is 56.7 Å². The first-order valence-electron chi connectivity index (χ1n) is 9.01. The number of carbonyl (C=O) groups is 1. The van der Waals surface area contributed by atoms with Crippen molar-refractivity contribution < 1.29 is 9.53 Å². The average molecular weight is 418 g/mol. The molecule has 140 valence electrons. The molecule has 2 aromatic carbocycles. The summed E-state index contributed by atoms with van der Waals surface area (Å²) in [6.45, 7) is 9.27. The van der Waals surface area contributed by atoms with E-state index in [0.29, 0.717) is 12.3 Å². The van der Waals surface area contributed by atoms with E-state index in [9.17, 15) is 4.79 Å². The SMILES string of the molecule is Cc1cccc(CCCNC(=O)COc2ccc(C(C)(C)C)cc2Br)c1. The zero-order valence-corrected chi connectivity index (χ0v) is 17.7. The molecule has 26 heavy (non-hydrogen) atoms. The van der Waals surface area contributed by atoms with Gasteiger partial charge in [-0.3, -0.25) is 4.79 Å². The van der Waals surface area contributed by atoms with Gasteiger partial charge in [0.1, 0.15) is 5.75 Å². The third-order valence-electron chi connectivity index (χ3n) is 4.20. The third kappa shape index (κ3) is 6.49. The molecule has 0 aliphatic rings. The van der Waals surface area contributed by atoms with Crippen molar-refractivity contribution in [2.45, 2.75) is 46.0 Å². The number of nitrogens with one attached hydrogen (secondary N) is 1. The summed E-state index contributed by atoms with van der Waals surface area (Å²) in [5.41, 5.74) is 3.87. The van der Waals surface area contributed by atoms with E-state index < -0.39 is 0 Å². The van der Waals surface area contributed by atoms with Gasteiger partial charge < -0.3 is 10.1 Å². The molecular formula is C22H28BrNO2. The van der Waals surface area contributed by atoms with Gasteiger partial charge in [0.15, 0.2) is 6.61 Å². The lowest BCUT2D eigenvalue weighted by atomic mass is 9.87. The quantitative estimate of drug-likeness (QED) is 0.629. The molecule has 2 aromatic rings. The van der Waals surface area contributed by atoms with Crippen LogP contribution in [0.4, 0.5) is 0 Å². The van der Waals surface area contributed by atoms with Crippen molar-refractivity contribution in [3.05, 3.63) is 63.6 Å². The van der Waals surface area contributed by atoms with Crippen LogP contribution in [0.1, 0.15) is 43.9 Å². The van der Waals surface area contributed by atoms with Crippen molar-refractivity contribution in [1.29, 1.82) is 0 Å². The van der Waals surface area contributed by atoms with Gasteiger partial charge in [-0.05, 0) is 64.4 Å². The van der Waals surface area contributed by atoms with Crippen LogP contribution in [0.5, 0.6) is 5.75 Å². The predicted molar refractivity (Wildman–Crippen MR) is 111 cm³/mol. The van der Waals surface area contributed by atoms with Crippen LogP contribution in [-0.2, 0) is 16.6 Å². The van der Waals surface area contributed by atoms with Crippen molar-refractivity contribution in [3.63, 3.8) is 0 Å². The topological polar surface area (TPSA) is 38.3 Å². The van der Waals surface area contributed by atoms with Crippen LogP contribution in [0.15, 0.2) is 46.9 Å². The number of rotatable bonds is 7. The van der Waals surface area contributed by atoms with E-state index in [1.807, 2.05) is 12.1 Å². The lowest BCUT2D eigenvalue weighted by Gasteiger charge is -2.20. The highest BCUT2D eigenvalue weighted by atomic mass is 79.9. The van der Waals surface area contributed by atoms with Crippen LogP contribution in [-0.4, -0.2) is 19.1 Å². The van der Waals surface area contributed by atoms with Gasteiger partial charge in [-0.15, -0.1) is 0 Å². The van der Waals surface area contributed by atoms with E-state index in [4.69, 9.17) is 4.74 Å². The standard InChI is InChI=1S/C22H28BrNO2/c1-16-7-5-8-17(13-16)9-6-12-24-21(25)15-26-20-11-10-18(14-19(20)23)22(2,3)4/h5,7-8,10-11,13-14H,6,9,12,15H2,1-4H3,(H,24,25). The Morgan fingerprint density at radius 3 is 2.58 bits per heavy atom. The number of hydrogen-bond acceptors (Lipinski definition) is 2. The van der Waals surface area contributed by atoms with Gasteiger partial charge in [0, 0.05) is 6.54 Å². The van der Waals surface area contributed by atoms with Crippen molar-refractivity contribution in [3.8, 4) is 5.75 Å². The second kappa shape index (κ2) is 9.22. The van der Waals surface area contributed by atoms with E-state index >= 15 is 0 Å². The number of amides is 1. The van der Waals surface area contributed by atoms with Gasteiger partial charge in [0.25, 0.3) is 5.91 Å². The smallest absolute Gasteiger partial charge is 0.257 e. The van der Waals surface area contributed by atoms with E-state index in [1.54, 1.807) is 0 Å². The zero-order valence-electron chi connectivity index (χ0n) is 16.1. The largest absolute Gasteiger partial charge is 0.483 e. The molecular weight excluding hydrogens is 390 g/mol. The molecule has 4 heteroatoms. The van der Waals surface area contributed by atoms with Crippen molar-refractivity contribution in [1.82, 2.24) is 5.32 Å². The third-order valence-corrected chi connectivity index (χ3v) is 4.82. The fraction of sp³-hybridized carbons (Fsp3) is 0.409. The van der Waals surface area contributed by atoms with E-state index in [-0.39, 0.29) is 17.9 Å². The number of hydrogen-bond donors (Lipinski definition) is 1. The Balaban J connectivity index is 1.73. The summed E-state index contributed by atoms with van der Waals surface area (Å²) in [5.74, 6) is 0.592. The molecule has 0 saturated carbocycles. The summed E-state index contributed by atoms with van der Waals surface area (Å²) in [7, 11) is 0. The molecule has 0 aromatic heterocycles. The van der Waals surface area contributed by atoms with Crippen molar-refractivity contribution in [2.24, 2.45) is 0 Å². The van der Waals surface area contributed by atoms with Gasteiger partial charge >= 0.3 is 0 Å². The summed E-state index contributed by atoms with van der Waals surface area (Å²) in [6, 6.07) is 14.5. The summed E-state index contributed by atoms with van der Waals surface area (Å²) in [5, 5.41) is 2.91. The molecule has 0 fully saturated rings. The molecule has 3 nitrogen and oxygen atoms in total. The minimum absolute atomic E-state index is 0.0257. The Labute approximate surface area is 165 Å². The molecule has 1 amide bonds. The molecule has 0 aliphatic heterocycles. The van der Waals surface area contributed by atoms with Gasteiger partial charge in [-0.2, -0.15) is 0 Å². The van der Waals surface area contributed by atoms with Crippen LogP contribution >= 0.6 is 15.9 Å². The summed E-state index contributed by atoms with van der Waals surface area (Å²) < 4.78 is 6.51. The molecule has 0 spiro atoms. The Morgan fingerprint density at radius 1 is 1.15 bits per heavy atom. The lowest BCUT2D eigenvalue weighted by molar-refractivity contribution is -0.123. The normalized spacial score (nSPS) is 11.3. The monoisotopic (exact) mass is 417 g/mol. The lowest BCUT2D eigenvalue weighted by Crippen LogP contribution is -2.30. The maximum absolute atomic E-state index is 12.0. The summed E-state index contributed by atoms with van der Waals surface area (Å²) in [6.07, 6.45) is 1.88. The molecule has 0 aliphatic carbocycles. The highest BCUT2D eigenvalue weighted by Crippen LogP contribution is 2.31. The number of benzene rings is 2. The average Bonchev–Trinajstić information content (AvgIpc) is 2.57. The first-order chi connectivity index (χ1) is 12.3. The molecule has 0 unspecified atom stereocenters. The summed E-state index contributed by atoms with van der Waals surface area (Å²) >= 11 is 3.53. The number of carbonyl (C=O) groups excluding carboxylic acids is 1. The molecule has 0 radical (unpaired) electrons. The van der Waals surface area contributed by atoms with Crippen molar-refractivity contribution in [2.75, 3.05) is 13.2 Å². The van der Waals surface area contributed by atoms with Crippen LogP contribution in [0.25, 0.3) is 0 Å². The number of ether oxygens (including phenoxy) is 1. The van der Waals surface area contributed by atoms with Crippen LogP contribution in [0, 0.1) is 6.92 Å². The Morgan fingerprint density at radius 2 is 1.92 bits per heavy atom. The highest BCUT2D eigenvalue weighted by Gasteiger charge is 2.15. The van der Waals surface area contributed by atoms with E-state index in [0.717, 1.165) is 17.3 Å². The minimum atomic E-state index is -0.0963. The fourth-order valence-corrected chi connectivity index (χ4v) is 3.16. The van der Waals surface area contributed by atoms with Crippen LogP contribution in [0.3, 0.4) is 0 Å². The molecule has 0 bridgehead atoms. The Hall–Kier alpha value is -1.81. The molecule has 1 N–H and O–H groups in total. The maximum Gasteiger partial charge on any atom is 0.257 e. The summed E-state index contributed by atoms with van der Waals surface area (Å²) in [4.78, 5) is 12.0. The Bertz CT molecular complexity index is 750. The van der Waals surface area contributed by atoms with E-state index in [2.05, 4.69) is 79.3 Å². The molecule has 2 rings (SSSR count). The molecule has 0 saturated heterocycles. The zero-order chi connectivity index (χ0) is 19.2. The highest BCUT2D eigenvalue weighted by molar-refractivity contribution is 9.10. The first-order valence-corrected chi connectivity index (χ1v) is 9.80. The van der Waals surface area contributed by atoms with Gasteiger partial charge in [0.05, 0.1) is 4.47 Å². The van der Waals surface area contributed by atoms with Gasteiger partial charge in [0.2, 0.25) is 0 Å². The number of halogens is 1. The Kier molecular flexibility index (Phi) is 7.27. The molecule has 0 heterocycles. The minimum Gasteiger partial charge on any atom is -0.483 e. The van der Waals surface area contributed by atoms with Crippen molar-refractivity contribution >= 4 is 21.8 Å². The fourth-order valence-electron chi connectivity index (χ4n) is 2.67. The van der Waals surface area contributed by atoms with Crippen LogP contribution in [0.2, 0.25) is 0 Å². The maximum atomic E-state index is 12.0. The second-order valence-electron chi connectivity index (χ2n) is 7.63. The second-order valence-corrected chi connectivity index (χ2v) is 8.48.